The fourth-order valence-electron chi connectivity index (χ4n) is 1.11. The van der Waals surface area contributed by atoms with Gasteiger partial charge in [0, 0.05) is 18.4 Å². The van der Waals surface area contributed by atoms with E-state index >= 15 is 0 Å². The lowest BCUT2D eigenvalue weighted by Crippen LogP contribution is -1.92. The van der Waals surface area contributed by atoms with Gasteiger partial charge in [-0.3, -0.25) is 0 Å². The van der Waals surface area contributed by atoms with Gasteiger partial charge in [0.1, 0.15) is 0 Å². The summed E-state index contributed by atoms with van der Waals surface area (Å²) >= 11 is 0. The van der Waals surface area contributed by atoms with Gasteiger partial charge in [-0.2, -0.15) is 0 Å². The number of nitrogens with two attached hydrogens (primary N) is 1. The zero-order valence-electron chi connectivity index (χ0n) is 7.02. The van der Waals surface area contributed by atoms with Gasteiger partial charge in [-0.25, -0.2) is 0 Å². The van der Waals surface area contributed by atoms with Gasteiger partial charge < -0.3 is 10.7 Å². The van der Waals surface area contributed by atoms with Crippen LogP contribution in [0.1, 0.15) is 16.8 Å². The molecule has 1 aromatic rings. The van der Waals surface area contributed by atoms with Crippen molar-refractivity contribution in [3.05, 3.63) is 29.1 Å². The number of rotatable bonds is 2. The summed E-state index contributed by atoms with van der Waals surface area (Å²) in [5.74, 6) is 0. The number of aromatic amines is 1. The van der Waals surface area contributed by atoms with E-state index in [1.165, 1.54) is 16.8 Å². The first-order valence-electron chi connectivity index (χ1n) is 3.77. The van der Waals surface area contributed by atoms with Crippen LogP contribution >= 0.6 is 0 Å². The Kier molecular flexibility index (Phi) is 2.49. The van der Waals surface area contributed by atoms with Gasteiger partial charge in [-0.1, -0.05) is 12.2 Å². The molecule has 11 heavy (non-hydrogen) atoms. The number of hydrogen-bond acceptors (Lipinski definition) is 1. The highest BCUT2D eigenvalue weighted by molar-refractivity contribution is 5.56. The Hall–Kier alpha value is -1.02. The monoisotopic (exact) mass is 150 g/mol. The Morgan fingerprint density at radius 3 is 2.73 bits per heavy atom. The van der Waals surface area contributed by atoms with Gasteiger partial charge in [0.15, 0.2) is 0 Å². The molecule has 0 spiro atoms. The molecule has 0 aliphatic heterocycles. The molecule has 0 atom stereocenters. The molecule has 0 aliphatic rings. The highest BCUT2D eigenvalue weighted by Crippen LogP contribution is 2.13. The van der Waals surface area contributed by atoms with Crippen LogP contribution in [0.2, 0.25) is 0 Å². The maximum atomic E-state index is 5.35. The fourth-order valence-corrected chi connectivity index (χ4v) is 1.11. The lowest BCUT2D eigenvalue weighted by atomic mass is 10.1. The molecule has 3 N–H and O–H groups in total. The standard InChI is InChI=1S/C9H14N2/c1-7-6-11-8(2)9(7)4-3-5-10/h3-4,6,11H,5,10H2,1-2H3/b4-3+. The molecule has 0 bridgehead atoms. The van der Waals surface area contributed by atoms with Crippen LogP contribution in [0.25, 0.3) is 6.08 Å². The Balaban J connectivity index is 2.92. The Bertz CT molecular complexity index is 239. The van der Waals surface area contributed by atoms with Crippen molar-refractivity contribution in [3.8, 4) is 0 Å². The molecule has 1 heterocycles. The van der Waals surface area contributed by atoms with Crippen LogP contribution in [0.3, 0.4) is 0 Å². The highest BCUT2D eigenvalue weighted by atomic mass is 14.7. The van der Waals surface area contributed by atoms with E-state index in [4.69, 9.17) is 5.73 Å². The summed E-state index contributed by atoms with van der Waals surface area (Å²) in [5.41, 5.74) is 9.08. The SMILES string of the molecule is Cc1c[nH]c(C)c1/C=C/CN. The number of nitrogens with one attached hydrogen (secondary N) is 1. The predicted octanol–water partition coefficient (Wildman–Crippen LogP) is 1.60. The Labute approximate surface area is 67.1 Å². The normalized spacial score (nSPS) is 11.2. The third-order valence-electron chi connectivity index (χ3n) is 1.75. The third-order valence-corrected chi connectivity index (χ3v) is 1.75. The maximum absolute atomic E-state index is 5.35. The average molecular weight is 150 g/mol. The van der Waals surface area contributed by atoms with Crippen molar-refractivity contribution in [2.45, 2.75) is 13.8 Å². The van der Waals surface area contributed by atoms with Crippen molar-refractivity contribution >= 4 is 6.08 Å². The molecular weight excluding hydrogens is 136 g/mol. The minimum absolute atomic E-state index is 0.601. The zero-order valence-corrected chi connectivity index (χ0v) is 7.02. The van der Waals surface area contributed by atoms with Crippen LogP contribution < -0.4 is 5.73 Å². The van der Waals surface area contributed by atoms with E-state index < -0.39 is 0 Å². The van der Waals surface area contributed by atoms with Crippen LogP contribution in [0.15, 0.2) is 12.3 Å². The molecule has 2 nitrogen and oxygen atoms in total. The van der Waals surface area contributed by atoms with E-state index in [0.29, 0.717) is 6.54 Å². The molecule has 0 fully saturated rings. The van der Waals surface area contributed by atoms with Crippen LogP contribution in [-0.4, -0.2) is 11.5 Å². The summed E-state index contributed by atoms with van der Waals surface area (Å²) in [7, 11) is 0. The van der Waals surface area contributed by atoms with Gasteiger partial charge in [0.25, 0.3) is 0 Å². The Morgan fingerprint density at radius 1 is 1.55 bits per heavy atom. The van der Waals surface area contributed by atoms with Gasteiger partial charge in [-0.15, -0.1) is 0 Å². The summed E-state index contributed by atoms with van der Waals surface area (Å²) in [5, 5.41) is 0. The van der Waals surface area contributed by atoms with E-state index in [9.17, 15) is 0 Å². The van der Waals surface area contributed by atoms with Crippen LogP contribution in [-0.2, 0) is 0 Å². The number of aryl methyl sites for hydroxylation is 2. The van der Waals surface area contributed by atoms with Gasteiger partial charge in [-0.05, 0) is 25.0 Å². The smallest absolute Gasteiger partial charge is 0.0191 e. The van der Waals surface area contributed by atoms with E-state index in [0.717, 1.165) is 0 Å². The summed E-state index contributed by atoms with van der Waals surface area (Å²) in [4.78, 5) is 3.15. The van der Waals surface area contributed by atoms with Gasteiger partial charge in [0.2, 0.25) is 0 Å². The molecule has 0 saturated heterocycles. The summed E-state index contributed by atoms with van der Waals surface area (Å²) < 4.78 is 0. The quantitative estimate of drug-likeness (QED) is 0.660. The van der Waals surface area contributed by atoms with Crippen molar-refractivity contribution in [1.29, 1.82) is 0 Å². The minimum Gasteiger partial charge on any atom is -0.364 e. The van der Waals surface area contributed by atoms with Crippen molar-refractivity contribution in [1.82, 2.24) is 4.98 Å². The summed E-state index contributed by atoms with van der Waals surface area (Å²) in [6.45, 7) is 4.74. The first-order chi connectivity index (χ1) is 5.25. The van der Waals surface area contributed by atoms with E-state index in [2.05, 4.69) is 24.9 Å². The minimum atomic E-state index is 0.601. The van der Waals surface area contributed by atoms with Crippen molar-refractivity contribution in [3.63, 3.8) is 0 Å². The van der Waals surface area contributed by atoms with Crippen LogP contribution in [0.4, 0.5) is 0 Å². The lowest BCUT2D eigenvalue weighted by Gasteiger charge is -1.91. The second-order valence-corrected chi connectivity index (χ2v) is 2.65. The topological polar surface area (TPSA) is 41.8 Å². The second kappa shape index (κ2) is 3.39. The van der Waals surface area contributed by atoms with E-state index in [-0.39, 0.29) is 0 Å². The molecule has 2 heteroatoms. The molecule has 1 rings (SSSR count). The van der Waals surface area contributed by atoms with Crippen molar-refractivity contribution in [2.75, 3.05) is 6.54 Å². The molecule has 0 radical (unpaired) electrons. The first kappa shape index (κ1) is 8.08. The Morgan fingerprint density at radius 2 is 2.27 bits per heavy atom. The summed E-state index contributed by atoms with van der Waals surface area (Å²) in [6, 6.07) is 0. The summed E-state index contributed by atoms with van der Waals surface area (Å²) in [6.07, 6.45) is 6.02. The number of aromatic nitrogens is 1. The number of H-pyrrole nitrogens is 1. The van der Waals surface area contributed by atoms with Crippen molar-refractivity contribution < 1.29 is 0 Å². The zero-order chi connectivity index (χ0) is 8.27. The van der Waals surface area contributed by atoms with Gasteiger partial charge >= 0.3 is 0 Å². The van der Waals surface area contributed by atoms with Gasteiger partial charge in [0.05, 0.1) is 0 Å². The largest absolute Gasteiger partial charge is 0.364 e. The van der Waals surface area contributed by atoms with Crippen LogP contribution in [0, 0.1) is 13.8 Å². The van der Waals surface area contributed by atoms with Crippen molar-refractivity contribution in [2.24, 2.45) is 5.73 Å². The molecule has 0 saturated carbocycles. The average Bonchev–Trinajstić information content (AvgIpc) is 2.29. The third kappa shape index (κ3) is 1.71. The second-order valence-electron chi connectivity index (χ2n) is 2.65. The van der Waals surface area contributed by atoms with E-state index in [1.807, 2.05) is 12.3 Å². The predicted molar refractivity (Wildman–Crippen MR) is 48.4 cm³/mol. The molecule has 1 aromatic heterocycles. The molecule has 0 unspecified atom stereocenters. The molecule has 60 valence electrons. The van der Waals surface area contributed by atoms with E-state index in [1.54, 1.807) is 0 Å². The molecular formula is C9H14N2. The lowest BCUT2D eigenvalue weighted by molar-refractivity contribution is 1.25. The first-order valence-corrected chi connectivity index (χ1v) is 3.77. The number of hydrogen-bond donors (Lipinski definition) is 2. The molecule has 0 amide bonds. The fraction of sp³-hybridized carbons (Fsp3) is 0.333. The molecule has 0 aliphatic carbocycles. The maximum Gasteiger partial charge on any atom is 0.0191 e. The highest BCUT2D eigenvalue weighted by Gasteiger charge is 1.98. The molecule has 0 aromatic carbocycles. The van der Waals surface area contributed by atoms with Crippen LogP contribution in [0.5, 0.6) is 0 Å².